The minimum atomic E-state index is -0.831. The largest absolute Gasteiger partial charge is 0.490 e. The van der Waals surface area contributed by atoms with Crippen molar-refractivity contribution in [2.24, 2.45) is 5.92 Å². The van der Waals surface area contributed by atoms with Crippen LogP contribution in [-0.2, 0) is 0 Å². The summed E-state index contributed by atoms with van der Waals surface area (Å²) in [4.78, 5) is 0. The predicted octanol–water partition coefficient (Wildman–Crippen LogP) is 3.52. The van der Waals surface area contributed by atoms with Gasteiger partial charge >= 0.3 is 0 Å². The maximum atomic E-state index is 10.3. The van der Waals surface area contributed by atoms with Crippen molar-refractivity contribution < 1.29 is 9.84 Å². The SMILES string of the molecule is CNC(C)c1ccc(Br)cc1OCC(C)(O)C(C)C. The predicted molar refractivity (Wildman–Crippen MR) is 82.6 cm³/mol. The average molecular weight is 330 g/mol. The van der Waals surface area contributed by atoms with Gasteiger partial charge in [0, 0.05) is 16.1 Å². The van der Waals surface area contributed by atoms with Gasteiger partial charge in [-0.25, -0.2) is 0 Å². The molecule has 0 spiro atoms. The monoisotopic (exact) mass is 329 g/mol. The highest BCUT2D eigenvalue weighted by molar-refractivity contribution is 9.10. The Kier molecular flexibility index (Phi) is 5.83. The highest BCUT2D eigenvalue weighted by atomic mass is 79.9. The fraction of sp³-hybridized carbons (Fsp3) is 0.600. The van der Waals surface area contributed by atoms with Gasteiger partial charge in [0.1, 0.15) is 12.4 Å². The van der Waals surface area contributed by atoms with Gasteiger partial charge in [0.05, 0.1) is 5.60 Å². The maximum Gasteiger partial charge on any atom is 0.125 e. The van der Waals surface area contributed by atoms with E-state index < -0.39 is 5.60 Å². The van der Waals surface area contributed by atoms with Gasteiger partial charge in [0.2, 0.25) is 0 Å². The summed E-state index contributed by atoms with van der Waals surface area (Å²) in [5.74, 6) is 0.946. The fourth-order valence-corrected chi connectivity index (χ4v) is 1.88. The van der Waals surface area contributed by atoms with Crippen LogP contribution in [0.5, 0.6) is 5.75 Å². The average Bonchev–Trinajstić information content (AvgIpc) is 2.35. The molecule has 2 unspecified atom stereocenters. The van der Waals surface area contributed by atoms with Crippen LogP contribution in [0.4, 0.5) is 0 Å². The molecule has 2 N–H and O–H groups in total. The fourth-order valence-electron chi connectivity index (χ4n) is 1.54. The van der Waals surface area contributed by atoms with E-state index in [4.69, 9.17) is 4.74 Å². The molecule has 2 atom stereocenters. The molecule has 0 saturated heterocycles. The zero-order chi connectivity index (χ0) is 14.6. The van der Waals surface area contributed by atoms with Crippen LogP contribution >= 0.6 is 15.9 Å². The molecule has 0 bridgehead atoms. The zero-order valence-electron chi connectivity index (χ0n) is 12.3. The summed E-state index contributed by atoms with van der Waals surface area (Å²) in [6.45, 7) is 8.14. The Morgan fingerprint density at radius 1 is 1.37 bits per heavy atom. The third-order valence-electron chi connectivity index (χ3n) is 3.64. The molecule has 0 saturated carbocycles. The van der Waals surface area contributed by atoms with E-state index in [-0.39, 0.29) is 18.6 Å². The molecule has 0 heterocycles. The first kappa shape index (κ1) is 16.5. The number of aliphatic hydroxyl groups is 1. The van der Waals surface area contributed by atoms with Crippen LogP contribution in [0.1, 0.15) is 39.3 Å². The van der Waals surface area contributed by atoms with E-state index in [0.717, 1.165) is 15.8 Å². The Bertz CT molecular complexity index is 419. The van der Waals surface area contributed by atoms with Crippen molar-refractivity contribution in [1.29, 1.82) is 0 Å². The molecule has 0 amide bonds. The van der Waals surface area contributed by atoms with Gasteiger partial charge in [-0.15, -0.1) is 0 Å². The van der Waals surface area contributed by atoms with Crippen LogP contribution < -0.4 is 10.1 Å². The van der Waals surface area contributed by atoms with Crippen LogP contribution in [0.15, 0.2) is 22.7 Å². The number of hydrogen-bond acceptors (Lipinski definition) is 3. The molecule has 1 aromatic carbocycles. The first-order chi connectivity index (χ1) is 8.77. The van der Waals surface area contributed by atoms with Gasteiger partial charge in [0.15, 0.2) is 0 Å². The molecule has 0 aliphatic heterocycles. The normalized spacial score (nSPS) is 16.2. The number of halogens is 1. The molecule has 0 aliphatic rings. The molecule has 0 aromatic heterocycles. The lowest BCUT2D eigenvalue weighted by Crippen LogP contribution is -2.38. The molecule has 108 valence electrons. The van der Waals surface area contributed by atoms with Crippen LogP contribution in [0.3, 0.4) is 0 Å². The lowest BCUT2D eigenvalue weighted by atomic mass is 9.94. The molecule has 4 heteroatoms. The Hall–Kier alpha value is -0.580. The van der Waals surface area contributed by atoms with E-state index in [9.17, 15) is 5.11 Å². The Morgan fingerprint density at radius 2 is 2.00 bits per heavy atom. The van der Waals surface area contributed by atoms with E-state index >= 15 is 0 Å². The van der Waals surface area contributed by atoms with E-state index in [1.54, 1.807) is 6.92 Å². The Morgan fingerprint density at radius 3 is 2.53 bits per heavy atom. The second kappa shape index (κ2) is 6.73. The molecule has 0 aliphatic carbocycles. The minimum Gasteiger partial charge on any atom is -0.490 e. The van der Waals surface area contributed by atoms with Gasteiger partial charge in [-0.1, -0.05) is 35.8 Å². The van der Waals surface area contributed by atoms with E-state index in [2.05, 4.69) is 28.2 Å². The van der Waals surface area contributed by atoms with Crippen LogP contribution in [0, 0.1) is 5.92 Å². The van der Waals surface area contributed by atoms with E-state index in [0.29, 0.717) is 0 Å². The summed E-state index contributed by atoms with van der Waals surface area (Å²) >= 11 is 3.45. The number of hydrogen-bond donors (Lipinski definition) is 2. The second-order valence-corrected chi connectivity index (χ2v) is 6.41. The number of nitrogens with one attached hydrogen (secondary N) is 1. The summed E-state index contributed by atoms with van der Waals surface area (Å²) < 4.78 is 6.82. The van der Waals surface area contributed by atoms with Gasteiger partial charge in [-0.2, -0.15) is 0 Å². The molecule has 3 nitrogen and oxygen atoms in total. The van der Waals surface area contributed by atoms with Crippen molar-refractivity contribution in [2.45, 2.75) is 39.3 Å². The summed E-state index contributed by atoms with van der Waals surface area (Å²) in [6, 6.07) is 6.17. The van der Waals surface area contributed by atoms with Crippen molar-refractivity contribution in [3.8, 4) is 5.75 Å². The van der Waals surface area contributed by atoms with E-state index in [1.807, 2.05) is 39.1 Å². The lowest BCUT2D eigenvalue weighted by molar-refractivity contribution is -0.0269. The first-order valence-electron chi connectivity index (χ1n) is 6.60. The molecule has 0 radical (unpaired) electrons. The highest BCUT2D eigenvalue weighted by Crippen LogP contribution is 2.30. The van der Waals surface area contributed by atoms with Crippen molar-refractivity contribution in [2.75, 3.05) is 13.7 Å². The third kappa shape index (κ3) is 4.48. The summed E-state index contributed by atoms with van der Waals surface area (Å²) in [6.07, 6.45) is 0. The zero-order valence-corrected chi connectivity index (χ0v) is 13.9. The standard InChI is InChI=1S/C15H24BrNO2/c1-10(2)15(4,18)9-19-14-8-12(16)6-7-13(14)11(3)17-5/h6-8,10-11,17-18H,9H2,1-5H3. The molecule has 1 aromatic rings. The van der Waals surface area contributed by atoms with Crippen LogP contribution in [-0.4, -0.2) is 24.4 Å². The second-order valence-electron chi connectivity index (χ2n) is 5.49. The third-order valence-corrected chi connectivity index (χ3v) is 4.13. The van der Waals surface area contributed by atoms with Gasteiger partial charge < -0.3 is 15.2 Å². The molecular formula is C15H24BrNO2. The van der Waals surface area contributed by atoms with Gasteiger partial charge in [-0.05, 0) is 38.9 Å². The minimum absolute atomic E-state index is 0.143. The quantitative estimate of drug-likeness (QED) is 0.839. The lowest BCUT2D eigenvalue weighted by Gasteiger charge is -2.28. The van der Waals surface area contributed by atoms with Gasteiger partial charge in [-0.3, -0.25) is 0 Å². The molecule has 1 rings (SSSR count). The van der Waals surface area contributed by atoms with Crippen LogP contribution in [0.2, 0.25) is 0 Å². The van der Waals surface area contributed by atoms with E-state index in [1.165, 1.54) is 0 Å². The molecule has 0 fully saturated rings. The summed E-state index contributed by atoms with van der Waals surface area (Å²) in [7, 11) is 1.92. The van der Waals surface area contributed by atoms with Crippen molar-refractivity contribution >= 4 is 15.9 Å². The Balaban J connectivity index is 2.90. The maximum absolute atomic E-state index is 10.3. The Labute approximate surface area is 124 Å². The van der Waals surface area contributed by atoms with Crippen molar-refractivity contribution in [3.63, 3.8) is 0 Å². The van der Waals surface area contributed by atoms with Crippen LogP contribution in [0.25, 0.3) is 0 Å². The number of ether oxygens (including phenoxy) is 1. The van der Waals surface area contributed by atoms with Gasteiger partial charge in [0.25, 0.3) is 0 Å². The topological polar surface area (TPSA) is 41.5 Å². The summed E-state index contributed by atoms with van der Waals surface area (Å²) in [5.41, 5.74) is 0.257. The number of rotatable bonds is 6. The summed E-state index contributed by atoms with van der Waals surface area (Å²) in [5, 5.41) is 13.5. The molecule has 19 heavy (non-hydrogen) atoms. The van der Waals surface area contributed by atoms with Crippen molar-refractivity contribution in [1.82, 2.24) is 5.32 Å². The van der Waals surface area contributed by atoms with Crippen molar-refractivity contribution in [3.05, 3.63) is 28.2 Å². The smallest absolute Gasteiger partial charge is 0.125 e. The first-order valence-corrected chi connectivity index (χ1v) is 7.39. The molecular weight excluding hydrogens is 306 g/mol. The number of benzene rings is 1. The highest BCUT2D eigenvalue weighted by Gasteiger charge is 2.26.